The molecule has 3 heterocycles. The van der Waals surface area contributed by atoms with Crippen LogP contribution in [0.2, 0.25) is 0 Å². The number of aryl methyl sites for hydroxylation is 1. The molecule has 1 aromatic rings. The largest absolute Gasteiger partial charge is 0.395 e. The minimum Gasteiger partial charge on any atom is -0.395 e. The van der Waals surface area contributed by atoms with Crippen molar-refractivity contribution < 1.29 is 15.3 Å². The van der Waals surface area contributed by atoms with E-state index in [1.165, 1.54) is 37.2 Å². The number of aromatic nitrogens is 1. The minimum absolute atomic E-state index is 0.00611. The summed E-state index contributed by atoms with van der Waals surface area (Å²) in [6.45, 7) is 5.03. The molecule has 0 spiro atoms. The number of likely N-dealkylation sites (tertiary alicyclic amines) is 1. The molecule has 2 aliphatic heterocycles. The third kappa shape index (κ3) is 4.88. The minimum atomic E-state index is -0.677. The van der Waals surface area contributed by atoms with Crippen molar-refractivity contribution in [2.45, 2.75) is 44.4 Å². The van der Waals surface area contributed by atoms with Crippen molar-refractivity contribution in [3.8, 4) is 0 Å². The first kappa shape index (κ1) is 18.1. The van der Waals surface area contributed by atoms with Crippen LogP contribution in [0.15, 0.2) is 18.5 Å². The number of β-amino-alcohol motifs (C(OH)–C–C–N with tert-alkyl or cyclic N) is 1. The fraction of sp³-hybridized carbons (Fsp3) is 0.706. The van der Waals surface area contributed by atoms with Crippen LogP contribution in [0, 0.1) is 6.92 Å². The summed E-state index contributed by atoms with van der Waals surface area (Å²) < 4.78 is 0. The summed E-state index contributed by atoms with van der Waals surface area (Å²) in [6.07, 6.45) is 5.60. The maximum Gasteiger partial charge on any atom is 0.0926 e. The van der Waals surface area contributed by atoms with Crippen LogP contribution >= 0.6 is 0 Å². The van der Waals surface area contributed by atoms with Gasteiger partial charge >= 0.3 is 0 Å². The molecular formula is C17H29N3O3. The van der Waals surface area contributed by atoms with Gasteiger partial charge in [0.15, 0.2) is 0 Å². The lowest BCUT2D eigenvalue weighted by Crippen LogP contribution is -2.51. The van der Waals surface area contributed by atoms with Crippen LogP contribution < -0.4 is 4.90 Å². The summed E-state index contributed by atoms with van der Waals surface area (Å²) in [5.41, 5.74) is 2.65. The van der Waals surface area contributed by atoms with Crippen LogP contribution in [0.4, 0.5) is 5.69 Å². The highest BCUT2D eigenvalue weighted by Gasteiger charge is 2.30. The molecule has 23 heavy (non-hydrogen) atoms. The quantitative estimate of drug-likeness (QED) is 0.731. The number of likely N-dealkylation sites (N-methyl/N-ethyl adjacent to an activating group) is 1. The predicted molar refractivity (Wildman–Crippen MR) is 90.6 cm³/mol. The number of rotatable bonds is 2. The summed E-state index contributed by atoms with van der Waals surface area (Å²) in [6, 6.07) is 2.07. The first-order chi connectivity index (χ1) is 11.0. The molecule has 0 amide bonds. The SMILES string of the molecule is CN1C[C@H](O)C(O)C[C@@H]1CO.Cc1ccncc1N1CCCC1. The normalized spacial score (nSPS) is 28.4. The predicted octanol–water partition coefficient (Wildman–Crippen LogP) is 0.395. The molecule has 2 saturated heterocycles. The van der Waals surface area contributed by atoms with E-state index < -0.39 is 12.2 Å². The zero-order valence-electron chi connectivity index (χ0n) is 14.1. The lowest BCUT2D eigenvalue weighted by atomic mass is 9.98. The number of aliphatic hydroxyl groups is 3. The second-order valence-electron chi connectivity index (χ2n) is 6.50. The van der Waals surface area contributed by atoms with E-state index in [1.54, 1.807) is 0 Å². The molecule has 1 aromatic heterocycles. The van der Waals surface area contributed by atoms with E-state index in [0.29, 0.717) is 13.0 Å². The second-order valence-corrected chi connectivity index (χ2v) is 6.50. The average molecular weight is 323 g/mol. The molecule has 0 aliphatic carbocycles. The average Bonchev–Trinajstić information content (AvgIpc) is 3.06. The number of hydrogen-bond donors (Lipinski definition) is 3. The molecule has 0 aromatic carbocycles. The van der Waals surface area contributed by atoms with Crippen LogP contribution in [0.1, 0.15) is 24.8 Å². The number of anilines is 1. The van der Waals surface area contributed by atoms with Gasteiger partial charge in [-0.05, 0) is 44.9 Å². The Labute approximate surface area is 138 Å². The van der Waals surface area contributed by atoms with E-state index >= 15 is 0 Å². The van der Waals surface area contributed by atoms with Crippen LogP contribution in [-0.4, -0.2) is 76.7 Å². The van der Waals surface area contributed by atoms with E-state index in [1.807, 2.05) is 24.3 Å². The Morgan fingerprint density at radius 2 is 1.91 bits per heavy atom. The van der Waals surface area contributed by atoms with Crippen molar-refractivity contribution in [1.82, 2.24) is 9.88 Å². The maximum absolute atomic E-state index is 9.21. The second kappa shape index (κ2) is 8.59. The Bertz CT molecular complexity index is 480. The van der Waals surface area contributed by atoms with Gasteiger partial charge in [0.2, 0.25) is 0 Å². The summed E-state index contributed by atoms with van der Waals surface area (Å²) in [5, 5.41) is 27.2. The monoisotopic (exact) mass is 323 g/mol. The fourth-order valence-corrected chi connectivity index (χ4v) is 3.14. The van der Waals surface area contributed by atoms with E-state index in [-0.39, 0.29) is 12.6 Å². The van der Waals surface area contributed by atoms with Gasteiger partial charge in [-0.25, -0.2) is 0 Å². The van der Waals surface area contributed by atoms with Gasteiger partial charge < -0.3 is 20.2 Å². The first-order valence-corrected chi connectivity index (χ1v) is 8.35. The highest BCUT2D eigenvalue weighted by Crippen LogP contribution is 2.22. The molecule has 2 aliphatic rings. The van der Waals surface area contributed by atoms with Crippen molar-refractivity contribution >= 4 is 5.69 Å². The topological polar surface area (TPSA) is 80.1 Å². The van der Waals surface area contributed by atoms with Crippen LogP contribution in [-0.2, 0) is 0 Å². The van der Waals surface area contributed by atoms with Crippen molar-refractivity contribution in [1.29, 1.82) is 0 Å². The molecule has 3 atom stereocenters. The smallest absolute Gasteiger partial charge is 0.0926 e. The van der Waals surface area contributed by atoms with Gasteiger partial charge in [0.05, 0.1) is 30.7 Å². The van der Waals surface area contributed by atoms with E-state index in [9.17, 15) is 10.2 Å². The van der Waals surface area contributed by atoms with Gasteiger partial charge in [0.1, 0.15) is 0 Å². The van der Waals surface area contributed by atoms with Gasteiger partial charge in [-0.3, -0.25) is 9.88 Å². The highest BCUT2D eigenvalue weighted by molar-refractivity contribution is 5.51. The van der Waals surface area contributed by atoms with Crippen LogP contribution in [0.3, 0.4) is 0 Å². The molecule has 0 radical (unpaired) electrons. The molecule has 130 valence electrons. The van der Waals surface area contributed by atoms with Crippen molar-refractivity contribution in [2.75, 3.05) is 38.2 Å². The molecule has 1 unspecified atom stereocenters. The van der Waals surface area contributed by atoms with Gasteiger partial charge in [0.25, 0.3) is 0 Å². The standard InChI is InChI=1S/C10H14N2.C7H15NO3/c1-9-4-5-11-8-10(9)12-6-2-3-7-12;1-8-3-7(11)6(10)2-5(8)4-9/h4-5,8H,2-3,6-7H2,1H3;5-7,9-11H,2-4H2,1H3/t;5-,6?,7+/m.1/s1. The molecule has 6 heteroatoms. The van der Waals surface area contributed by atoms with Gasteiger partial charge in [-0.15, -0.1) is 0 Å². The van der Waals surface area contributed by atoms with Gasteiger partial charge in [-0.2, -0.15) is 0 Å². The van der Waals surface area contributed by atoms with Gasteiger partial charge in [-0.1, -0.05) is 0 Å². The summed E-state index contributed by atoms with van der Waals surface area (Å²) in [5.74, 6) is 0. The molecule has 3 rings (SSSR count). The third-order valence-electron chi connectivity index (χ3n) is 4.73. The van der Waals surface area contributed by atoms with Crippen molar-refractivity contribution in [2.24, 2.45) is 0 Å². The molecule has 3 N–H and O–H groups in total. The fourth-order valence-electron chi connectivity index (χ4n) is 3.14. The Morgan fingerprint density at radius 1 is 1.22 bits per heavy atom. The number of nitrogens with zero attached hydrogens (tertiary/aromatic N) is 3. The molecule has 0 saturated carbocycles. The summed E-state index contributed by atoms with van der Waals surface area (Å²) in [4.78, 5) is 8.43. The van der Waals surface area contributed by atoms with Crippen molar-refractivity contribution in [3.63, 3.8) is 0 Å². The Morgan fingerprint density at radius 3 is 2.52 bits per heavy atom. The summed E-state index contributed by atoms with van der Waals surface area (Å²) in [7, 11) is 1.83. The zero-order valence-corrected chi connectivity index (χ0v) is 14.1. The van der Waals surface area contributed by atoms with E-state index in [2.05, 4.69) is 22.9 Å². The zero-order chi connectivity index (χ0) is 16.8. The van der Waals surface area contributed by atoms with Crippen LogP contribution in [0.25, 0.3) is 0 Å². The maximum atomic E-state index is 9.21. The lowest BCUT2D eigenvalue weighted by Gasteiger charge is -2.37. The molecular weight excluding hydrogens is 294 g/mol. The van der Waals surface area contributed by atoms with Crippen molar-refractivity contribution in [3.05, 3.63) is 24.0 Å². The molecule has 0 bridgehead atoms. The van der Waals surface area contributed by atoms with E-state index in [4.69, 9.17) is 5.11 Å². The summed E-state index contributed by atoms with van der Waals surface area (Å²) >= 11 is 0. The van der Waals surface area contributed by atoms with Crippen LogP contribution in [0.5, 0.6) is 0 Å². The first-order valence-electron chi connectivity index (χ1n) is 8.35. The Balaban J connectivity index is 0.000000168. The highest BCUT2D eigenvalue weighted by atomic mass is 16.3. The Hall–Kier alpha value is -1.21. The Kier molecular flexibility index (Phi) is 6.77. The number of aliphatic hydroxyl groups excluding tert-OH is 3. The number of pyridine rings is 1. The molecule has 6 nitrogen and oxygen atoms in total. The number of piperidine rings is 1. The third-order valence-corrected chi connectivity index (χ3v) is 4.73. The van der Waals surface area contributed by atoms with Gasteiger partial charge in [0, 0.05) is 31.9 Å². The van der Waals surface area contributed by atoms with E-state index in [0.717, 1.165) is 0 Å². The lowest BCUT2D eigenvalue weighted by molar-refractivity contribution is -0.0626. The molecule has 2 fully saturated rings. The number of hydrogen-bond acceptors (Lipinski definition) is 6.